The maximum absolute atomic E-state index is 12.1. The third-order valence-electron chi connectivity index (χ3n) is 5.28. The Morgan fingerprint density at radius 3 is 2.60 bits per heavy atom. The molecule has 136 valence electrons. The molecule has 0 unspecified atom stereocenters. The van der Waals surface area contributed by atoms with E-state index in [0.717, 1.165) is 57.4 Å². The van der Waals surface area contributed by atoms with Crippen LogP contribution in [0.25, 0.3) is 0 Å². The van der Waals surface area contributed by atoms with E-state index in [2.05, 4.69) is 28.4 Å². The molecule has 3 rings (SSSR count). The SMILES string of the molecule is O=C(CC1=CCCCC1)Nc1ccc(CCN2CCC(O)CC2)cc1. The minimum Gasteiger partial charge on any atom is -0.393 e. The topological polar surface area (TPSA) is 52.6 Å². The van der Waals surface area contributed by atoms with Gasteiger partial charge in [0.2, 0.25) is 5.91 Å². The molecule has 1 aliphatic heterocycles. The molecule has 2 N–H and O–H groups in total. The number of piperidine rings is 1. The number of likely N-dealkylation sites (tertiary alicyclic amines) is 1. The Balaban J connectivity index is 1.42. The number of nitrogens with zero attached hydrogens (tertiary/aromatic N) is 1. The molecular formula is C21H30N2O2. The van der Waals surface area contributed by atoms with Gasteiger partial charge in [0.25, 0.3) is 0 Å². The summed E-state index contributed by atoms with van der Waals surface area (Å²) in [6.45, 7) is 3.02. The van der Waals surface area contributed by atoms with Crippen LogP contribution in [0.2, 0.25) is 0 Å². The first-order chi connectivity index (χ1) is 12.2. The number of aliphatic hydroxyl groups is 1. The van der Waals surface area contributed by atoms with Gasteiger partial charge in [0, 0.05) is 31.7 Å². The summed E-state index contributed by atoms with van der Waals surface area (Å²) in [5.41, 5.74) is 3.46. The number of rotatable bonds is 6. The predicted octanol–water partition coefficient (Wildman–Crippen LogP) is 3.51. The van der Waals surface area contributed by atoms with E-state index in [1.54, 1.807) is 0 Å². The van der Waals surface area contributed by atoms with Gasteiger partial charge in [-0.2, -0.15) is 0 Å². The van der Waals surface area contributed by atoms with Crippen LogP contribution in [0.3, 0.4) is 0 Å². The van der Waals surface area contributed by atoms with Gasteiger partial charge in [-0.25, -0.2) is 0 Å². The fraction of sp³-hybridized carbons (Fsp3) is 0.571. The zero-order valence-corrected chi connectivity index (χ0v) is 15.0. The Kier molecular flexibility index (Phi) is 6.65. The van der Waals surface area contributed by atoms with Gasteiger partial charge in [-0.15, -0.1) is 0 Å². The molecule has 1 saturated heterocycles. The van der Waals surface area contributed by atoms with Crippen LogP contribution in [0.1, 0.15) is 50.5 Å². The molecule has 25 heavy (non-hydrogen) atoms. The summed E-state index contributed by atoms with van der Waals surface area (Å²) in [6, 6.07) is 8.22. The first-order valence-electron chi connectivity index (χ1n) is 9.66. The lowest BCUT2D eigenvalue weighted by molar-refractivity contribution is -0.115. The first kappa shape index (κ1) is 18.2. The number of hydrogen-bond donors (Lipinski definition) is 2. The number of carbonyl (C=O) groups is 1. The summed E-state index contributed by atoms with van der Waals surface area (Å²) in [5.74, 6) is 0.0905. The normalized spacial score (nSPS) is 19.5. The fourth-order valence-corrected chi connectivity index (χ4v) is 3.66. The van der Waals surface area contributed by atoms with E-state index in [9.17, 15) is 9.90 Å². The highest BCUT2D eigenvalue weighted by molar-refractivity contribution is 5.92. The standard InChI is InChI=1S/C21H30N2O2/c24-20-11-14-23(15-12-20)13-10-17-6-8-19(9-7-17)22-21(25)16-18-4-2-1-3-5-18/h4,6-9,20,24H,1-3,5,10-16H2,(H,22,25). The highest BCUT2D eigenvalue weighted by atomic mass is 16.3. The molecule has 0 bridgehead atoms. The Bertz CT molecular complexity index is 586. The second-order valence-electron chi connectivity index (χ2n) is 7.35. The molecule has 0 saturated carbocycles. The van der Waals surface area contributed by atoms with Crippen LogP contribution in [0, 0.1) is 0 Å². The molecule has 1 heterocycles. The van der Waals surface area contributed by atoms with E-state index >= 15 is 0 Å². The highest BCUT2D eigenvalue weighted by Crippen LogP contribution is 2.21. The smallest absolute Gasteiger partial charge is 0.228 e. The zero-order chi connectivity index (χ0) is 17.5. The molecule has 1 aromatic carbocycles. The molecule has 1 amide bonds. The van der Waals surface area contributed by atoms with Crippen LogP contribution in [0.4, 0.5) is 5.69 Å². The number of hydrogen-bond acceptors (Lipinski definition) is 3. The molecule has 0 atom stereocenters. The van der Waals surface area contributed by atoms with Crippen LogP contribution < -0.4 is 5.32 Å². The summed E-state index contributed by atoms with van der Waals surface area (Å²) in [6.07, 6.45) is 10.1. The van der Waals surface area contributed by atoms with Crippen molar-refractivity contribution in [2.45, 2.75) is 57.5 Å². The van der Waals surface area contributed by atoms with Crippen molar-refractivity contribution in [2.24, 2.45) is 0 Å². The van der Waals surface area contributed by atoms with Crippen molar-refractivity contribution in [1.29, 1.82) is 0 Å². The van der Waals surface area contributed by atoms with Crippen molar-refractivity contribution in [3.8, 4) is 0 Å². The van der Waals surface area contributed by atoms with Crippen LogP contribution in [0.5, 0.6) is 0 Å². The highest BCUT2D eigenvalue weighted by Gasteiger charge is 2.16. The summed E-state index contributed by atoms with van der Waals surface area (Å²) >= 11 is 0. The van der Waals surface area contributed by atoms with Gasteiger partial charge in [-0.05, 0) is 62.6 Å². The number of carbonyl (C=O) groups excluding carboxylic acids is 1. The third kappa shape index (κ3) is 5.98. The van der Waals surface area contributed by atoms with E-state index in [1.807, 2.05) is 12.1 Å². The number of benzene rings is 1. The molecular weight excluding hydrogens is 312 g/mol. The summed E-state index contributed by atoms with van der Waals surface area (Å²) in [4.78, 5) is 14.6. The number of allylic oxidation sites excluding steroid dienone is 1. The van der Waals surface area contributed by atoms with Gasteiger partial charge >= 0.3 is 0 Å². The largest absolute Gasteiger partial charge is 0.393 e. The predicted molar refractivity (Wildman–Crippen MR) is 102 cm³/mol. The summed E-state index contributed by atoms with van der Waals surface area (Å²) < 4.78 is 0. The van der Waals surface area contributed by atoms with Gasteiger partial charge in [0.1, 0.15) is 0 Å². The third-order valence-corrected chi connectivity index (χ3v) is 5.28. The Labute approximate surface area is 150 Å². The number of amides is 1. The van der Waals surface area contributed by atoms with E-state index in [4.69, 9.17) is 0 Å². The average molecular weight is 342 g/mol. The second kappa shape index (κ2) is 9.16. The lowest BCUT2D eigenvalue weighted by atomic mass is 9.97. The number of nitrogens with one attached hydrogen (secondary N) is 1. The summed E-state index contributed by atoms with van der Waals surface area (Å²) in [7, 11) is 0. The van der Waals surface area contributed by atoms with Gasteiger partial charge in [0.05, 0.1) is 6.10 Å². The van der Waals surface area contributed by atoms with Crippen molar-refractivity contribution >= 4 is 11.6 Å². The van der Waals surface area contributed by atoms with E-state index in [1.165, 1.54) is 24.0 Å². The van der Waals surface area contributed by atoms with Crippen molar-refractivity contribution in [3.05, 3.63) is 41.5 Å². The molecule has 0 radical (unpaired) electrons. The van der Waals surface area contributed by atoms with Crippen LogP contribution in [-0.4, -0.2) is 41.7 Å². The average Bonchev–Trinajstić information content (AvgIpc) is 2.63. The number of anilines is 1. The van der Waals surface area contributed by atoms with Gasteiger partial charge < -0.3 is 15.3 Å². The second-order valence-corrected chi connectivity index (χ2v) is 7.35. The molecule has 0 aromatic heterocycles. The molecule has 2 aliphatic rings. The minimum absolute atomic E-state index is 0.0905. The quantitative estimate of drug-likeness (QED) is 0.778. The molecule has 1 aliphatic carbocycles. The summed E-state index contributed by atoms with van der Waals surface area (Å²) in [5, 5.41) is 12.6. The Morgan fingerprint density at radius 2 is 1.92 bits per heavy atom. The lowest BCUT2D eigenvalue weighted by Gasteiger charge is -2.29. The van der Waals surface area contributed by atoms with Crippen molar-refractivity contribution in [3.63, 3.8) is 0 Å². The van der Waals surface area contributed by atoms with Gasteiger partial charge in [-0.3, -0.25) is 4.79 Å². The maximum Gasteiger partial charge on any atom is 0.228 e. The van der Waals surface area contributed by atoms with Crippen molar-refractivity contribution in [2.75, 3.05) is 25.0 Å². The van der Waals surface area contributed by atoms with Crippen molar-refractivity contribution in [1.82, 2.24) is 4.90 Å². The molecule has 1 fully saturated rings. The van der Waals surface area contributed by atoms with Gasteiger partial charge in [-0.1, -0.05) is 23.8 Å². The van der Waals surface area contributed by atoms with Crippen LogP contribution in [0.15, 0.2) is 35.9 Å². The molecule has 4 nitrogen and oxygen atoms in total. The van der Waals surface area contributed by atoms with Gasteiger partial charge in [0.15, 0.2) is 0 Å². The lowest BCUT2D eigenvalue weighted by Crippen LogP contribution is -2.37. The fourth-order valence-electron chi connectivity index (χ4n) is 3.66. The zero-order valence-electron chi connectivity index (χ0n) is 15.0. The first-order valence-corrected chi connectivity index (χ1v) is 9.66. The van der Waals surface area contributed by atoms with Crippen molar-refractivity contribution < 1.29 is 9.90 Å². The monoisotopic (exact) mass is 342 g/mol. The maximum atomic E-state index is 12.1. The number of aliphatic hydroxyl groups excluding tert-OH is 1. The Hall–Kier alpha value is -1.65. The molecule has 0 spiro atoms. The van der Waals surface area contributed by atoms with E-state index in [-0.39, 0.29) is 12.0 Å². The van der Waals surface area contributed by atoms with Crippen LogP contribution in [-0.2, 0) is 11.2 Å². The molecule has 4 heteroatoms. The van der Waals surface area contributed by atoms with E-state index < -0.39 is 0 Å². The Morgan fingerprint density at radius 1 is 1.16 bits per heavy atom. The van der Waals surface area contributed by atoms with E-state index in [0.29, 0.717) is 6.42 Å². The van der Waals surface area contributed by atoms with Crippen LogP contribution >= 0.6 is 0 Å². The molecule has 1 aromatic rings. The minimum atomic E-state index is -0.108.